The average molecular weight is 370 g/mol. The van der Waals surface area contributed by atoms with Gasteiger partial charge in [0.25, 0.3) is 5.91 Å². The van der Waals surface area contributed by atoms with Crippen LogP contribution >= 0.6 is 23.3 Å². The maximum atomic E-state index is 12.5. The van der Waals surface area contributed by atoms with E-state index < -0.39 is 0 Å². The van der Waals surface area contributed by atoms with Crippen molar-refractivity contribution in [3.05, 3.63) is 64.9 Å². The largest absolute Gasteiger partial charge is 0.496 e. The van der Waals surface area contributed by atoms with Crippen molar-refractivity contribution in [3.63, 3.8) is 0 Å². The van der Waals surface area contributed by atoms with E-state index in [1.807, 2.05) is 66.2 Å². The molecule has 0 aliphatic carbocycles. The van der Waals surface area contributed by atoms with E-state index in [1.54, 1.807) is 7.11 Å². The summed E-state index contributed by atoms with van der Waals surface area (Å²) in [5.74, 6) is 0.676. The van der Waals surface area contributed by atoms with E-state index in [0.717, 1.165) is 28.3 Å². The second-order valence-electron chi connectivity index (χ2n) is 5.24. The molecule has 0 atom stereocenters. The van der Waals surface area contributed by atoms with Crippen LogP contribution in [-0.4, -0.2) is 19.3 Å². The van der Waals surface area contributed by atoms with Crippen LogP contribution in [-0.2, 0) is 0 Å². The molecule has 0 unspecified atom stereocenters. The Hall–Kier alpha value is -2.44. The van der Waals surface area contributed by atoms with Crippen LogP contribution in [0.25, 0.3) is 11.1 Å². The Morgan fingerprint density at radius 3 is 2.68 bits per heavy atom. The zero-order chi connectivity index (χ0) is 17.6. The van der Waals surface area contributed by atoms with Crippen LogP contribution in [0.1, 0.15) is 9.67 Å². The average Bonchev–Trinajstić information content (AvgIpc) is 3.12. The number of benzene rings is 2. The van der Waals surface area contributed by atoms with E-state index in [0.29, 0.717) is 4.88 Å². The van der Waals surface area contributed by atoms with Gasteiger partial charge in [0.1, 0.15) is 5.75 Å². The standard InChI is InChI=1S/C19H18N2O2S2/c1-23-17-9-4-3-8-16(17)13-10-18(25-12-13)19(22)20-14-6-5-7-15(11-14)21-24-2/h3-12,21H,1-2H3,(H,20,22). The summed E-state index contributed by atoms with van der Waals surface area (Å²) < 4.78 is 8.55. The molecule has 2 N–H and O–H groups in total. The van der Waals surface area contributed by atoms with Gasteiger partial charge >= 0.3 is 0 Å². The Balaban J connectivity index is 1.78. The molecule has 4 nitrogen and oxygen atoms in total. The molecule has 0 aliphatic rings. The van der Waals surface area contributed by atoms with Gasteiger partial charge in [0, 0.05) is 23.2 Å². The lowest BCUT2D eigenvalue weighted by molar-refractivity contribution is 0.103. The number of para-hydroxylation sites is 1. The molecule has 0 radical (unpaired) electrons. The zero-order valence-electron chi connectivity index (χ0n) is 13.9. The zero-order valence-corrected chi connectivity index (χ0v) is 15.5. The molecule has 3 aromatic rings. The van der Waals surface area contributed by atoms with Crippen LogP contribution in [0, 0.1) is 0 Å². The second kappa shape index (κ2) is 8.09. The van der Waals surface area contributed by atoms with Crippen molar-refractivity contribution >= 4 is 40.6 Å². The van der Waals surface area contributed by atoms with Gasteiger partial charge in [-0.05, 0) is 41.3 Å². The maximum absolute atomic E-state index is 12.5. The lowest BCUT2D eigenvalue weighted by Crippen LogP contribution is -2.10. The summed E-state index contributed by atoms with van der Waals surface area (Å²) in [7, 11) is 1.65. The number of anilines is 2. The minimum atomic E-state index is -0.118. The Morgan fingerprint density at radius 1 is 1.08 bits per heavy atom. The number of thiophene rings is 1. The molecule has 6 heteroatoms. The summed E-state index contributed by atoms with van der Waals surface area (Å²) in [6.45, 7) is 0. The maximum Gasteiger partial charge on any atom is 0.265 e. The topological polar surface area (TPSA) is 50.4 Å². The van der Waals surface area contributed by atoms with Crippen LogP contribution in [0.4, 0.5) is 11.4 Å². The van der Waals surface area contributed by atoms with Crippen molar-refractivity contribution in [2.75, 3.05) is 23.4 Å². The van der Waals surface area contributed by atoms with Crippen LogP contribution in [0.15, 0.2) is 60.0 Å². The Bertz CT molecular complexity index is 877. The predicted octanol–water partition coefficient (Wildman–Crippen LogP) is 5.37. The molecule has 1 aromatic heterocycles. The summed E-state index contributed by atoms with van der Waals surface area (Å²) in [6, 6.07) is 17.3. The predicted molar refractivity (Wildman–Crippen MR) is 108 cm³/mol. The van der Waals surface area contributed by atoms with Gasteiger partial charge in [-0.25, -0.2) is 0 Å². The van der Waals surface area contributed by atoms with Crippen molar-refractivity contribution in [2.24, 2.45) is 0 Å². The third kappa shape index (κ3) is 4.15. The SMILES string of the molecule is COc1ccccc1-c1csc(C(=O)Nc2cccc(NSC)c2)c1. The molecule has 1 heterocycles. The number of carbonyl (C=O) groups excluding carboxylic acids is 1. The van der Waals surface area contributed by atoms with E-state index in [9.17, 15) is 4.79 Å². The highest BCUT2D eigenvalue weighted by Gasteiger charge is 2.13. The van der Waals surface area contributed by atoms with Gasteiger partial charge in [-0.3, -0.25) is 4.79 Å². The minimum absolute atomic E-state index is 0.118. The molecule has 128 valence electrons. The highest BCUT2D eigenvalue weighted by atomic mass is 32.2. The van der Waals surface area contributed by atoms with Gasteiger partial charge < -0.3 is 14.8 Å². The number of hydrogen-bond donors (Lipinski definition) is 2. The normalized spacial score (nSPS) is 10.3. The van der Waals surface area contributed by atoms with Crippen molar-refractivity contribution in [1.82, 2.24) is 0 Å². The van der Waals surface area contributed by atoms with Crippen LogP contribution < -0.4 is 14.8 Å². The number of amides is 1. The van der Waals surface area contributed by atoms with Gasteiger partial charge in [-0.15, -0.1) is 11.3 Å². The van der Waals surface area contributed by atoms with Crippen molar-refractivity contribution in [3.8, 4) is 16.9 Å². The van der Waals surface area contributed by atoms with Gasteiger partial charge in [-0.2, -0.15) is 0 Å². The molecule has 3 rings (SSSR count). The third-order valence-corrected chi connectivity index (χ3v) is 4.95. The molecule has 0 aliphatic heterocycles. The summed E-state index contributed by atoms with van der Waals surface area (Å²) in [4.78, 5) is 13.2. The highest BCUT2D eigenvalue weighted by molar-refractivity contribution is 7.99. The molecule has 1 amide bonds. The summed E-state index contributed by atoms with van der Waals surface area (Å²) in [5, 5.41) is 4.91. The van der Waals surface area contributed by atoms with Crippen LogP contribution in [0.3, 0.4) is 0 Å². The first-order chi connectivity index (χ1) is 12.2. The summed E-state index contributed by atoms with van der Waals surface area (Å²) >= 11 is 2.93. The smallest absolute Gasteiger partial charge is 0.265 e. The fourth-order valence-corrected chi connectivity index (χ4v) is 3.62. The van der Waals surface area contributed by atoms with Gasteiger partial charge in [0.2, 0.25) is 0 Å². The highest BCUT2D eigenvalue weighted by Crippen LogP contribution is 2.33. The van der Waals surface area contributed by atoms with E-state index in [1.165, 1.54) is 23.3 Å². The Morgan fingerprint density at radius 2 is 1.88 bits per heavy atom. The van der Waals surface area contributed by atoms with Crippen LogP contribution in [0.2, 0.25) is 0 Å². The minimum Gasteiger partial charge on any atom is -0.496 e. The van der Waals surface area contributed by atoms with E-state index in [2.05, 4.69) is 10.0 Å². The van der Waals surface area contributed by atoms with Crippen molar-refractivity contribution < 1.29 is 9.53 Å². The molecule has 0 bridgehead atoms. The van der Waals surface area contributed by atoms with E-state index in [4.69, 9.17) is 4.74 Å². The van der Waals surface area contributed by atoms with E-state index in [-0.39, 0.29) is 5.91 Å². The third-order valence-electron chi connectivity index (χ3n) is 3.58. The first-order valence-corrected chi connectivity index (χ1v) is 9.74. The number of ether oxygens (including phenoxy) is 1. The Kier molecular flexibility index (Phi) is 5.63. The monoisotopic (exact) mass is 370 g/mol. The Labute approximate surface area is 155 Å². The molecule has 0 saturated carbocycles. The number of rotatable bonds is 6. The number of hydrogen-bond acceptors (Lipinski definition) is 5. The number of methoxy groups -OCH3 is 1. The van der Waals surface area contributed by atoms with E-state index >= 15 is 0 Å². The summed E-state index contributed by atoms with van der Waals surface area (Å²) in [6.07, 6.45) is 1.95. The fourth-order valence-electron chi connectivity index (χ4n) is 2.45. The second-order valence-corrected chi connectivity index (χ2v) is 6.76. The molecular formula is C19H18N2O2S2. The quantitative estimate of drug-likeness (QED) is 0.573. The molecule has 25 heavy (non-hydrogen) atoms. The molecular weight excluding hydrogens is 352 g/mol. The molecule has 2 aromatic carbocycles. The molecule has 0 spiro atoms. The molecule has 0 saturated heterocycles. The first-order valence-electron chi connectivity index (χ1n) is 7.63. The van der Waals surface area contributed by atoms with Crippen molar-refractivity contribution in [2.45, 2.75) is 0 Å². The fraction of sp³-hybridized carbons (Fsp3) is 0.105. The first kappa shape index (κ1) is 17.4. The lowest BCUT2D eigenvalue weighted by Gasteiger charge is -2.07. The van der Waals surface area contributed by atoms with Gasteiger partial charge in [-0.1, -0.05) is 36.2 Å². The van der Waals surface area contributed by atoms with Crippen LogP contribution in [0.5, 0.6) is 5.75 Å². The van der Waals surface area contributed by atoms with Crippen molar-refractivity contribution in [1.29, 1.82) is 0 Å². The van der Waals surface area contributed by atoms with Gasteiger partial charge in [0.05, 0.1) is 12.0 Å². The lowest BCUT2D eigenvalue weighted by atomic mass is 10.1. The molecule has 0 fully saturated rings. The number of nitrogens with one attached hydrogen (secondary N) is 2. The number of carbonyl (C=O) groups is 1. The summed E-state index contributed by atoms with van der Waals surface area (Å²) in [5.41, 5.74) is 3.67. The van der Waals surface area contributed by atoms with Gasteiger partial charge in [0.15, 0.2) is 0 Å².